The number of para-hydroxylation sites is 1. The third-order valence-electron chi connectivity index (χ3n) is 3.84. The van der Waals surface area contributed by atoms with Crippen LogP contribution in [-0.4, -0.2) is 17.6 Å². The summed E-state index contributed by atoms with van der Waals surface area (Å²) < 4.78 is 0. The van der Waals surface area contributed by atoms with Gasteiger partial charge in [0.15, 0.2) is 0 Å². The molecule has 0 aliphatic carbocycles. The van der Waals surface area contributed by atoms with Gasteiger partial charge < -0.3 is 5.32 Å². The highest BCUT2D eigenvalue weighted by Crippen LogP contribution is 2.16. The molecule has 1 aromatic carbocycles. The summed E-state index contributed by atoms with van der Waals surface area (Å²) in [4.78, 5) is 4.51. The molecule has 0 bridgehead atoms. The van der Waals surface area contributed by atoms with Crippen molar-refractivity contribution in [2.45, 2.75) is 52.0 Å². The minimum absolute atomic E-state index is 0.615. The monoisotopic (exact) mass is 270 g/mol. The summed E-state index contributed by atoms with van der Waals surface area (Å²) >= 11 is 0. The van der Waals surface area contributed by atoms with E-state index in [1.54, 1.807) is 0 Å². The van der Waals surface area contributed by atoms with Gasteiger partial charge in [-0.15, -0.1) is 0 Å². The van der Waals surface area contributed by atoms with Crippen LogP contribution in [0.2, 0.25) is 0 Å². The summed E-state index contributed by atoms with van der Waals surface area (Å²) in [5, 5.41) is 4.86. The second-order valence-corrected chi connectivity index (χ2v) is 5.59. The molecule has 1 aromatic heterocycles. The molecule has 1 N–H and O–H groups in total. The maximum atomic E-state index is 4.51. The molecular formula is C18H26N2. The van der Waals surface area contributed by atoms with E-state index in [0.29, 0.717) is 6.04 Å². The molecule has 0 aliphatic heterocycles. The van der Waals surface area contributed by atoms with Crippen LogP contribution in [0.3, 0.4) is 0 Å². The van der Waals surface area contributed by atoms with E-state index in [0.717, 1.165) is 18.5 Å². The van der Waals surface area contributed by atoms with Gasteiger partial charge in [0.2, 0.25) is 0 Å². The standard InChI is InChI=1S/C18H26N2/c1-3-4-5-8-15(2)19-14-12-17-10-6-9-16-11-7-13-20-18(16)17/h6-7,9-11,13,15,19H,3-5,8,12,14H2,1-2H3. The molecule has 0 saturated carbocycles. The van der Waals surface area contributed by atoms with Crippen LogP contribution in [0.15, 0.2) is 36.5 Å². The van der Waals surface area contributed by atoms with E-state index >= 15 is 0 Å². The Balaban J connectivity index is 1.84. The van der Waals surface area contributed by atoms with E-state index in [2.05, 4.69) is 48.4 Å². The Morgan fingerprint density at radius 3 is 2.85 bits per heavy atom. The molecule has 0 aliphatic rings. The summed E-state index contributed by atoms with van der Waals surface area (Å²) in [5.41, 5.74) is 2.49. The molecule has 2 heteroatoms. The fourth-order valence-corrected chi connectivity index (χ4v) is 2.62. The molecule has 1 heterocycles. The Hall–Kier alpha value is -1.41. The molecule has 0 fully saturated rings. The van der Waals surface area contributed by atoms with E-state index < -0.39 is 0 Å². The van der Waals surface area contributed by atoms with Gasteiger partial charge in [-0.25, -0.2) is 0 Å². The van der Waals surface area contributed by atoms with Crippen molar-refractivity contribution in [2.24, 2.45) is 0 Å². The number of pyridine rings is 1. The average molecular weight is 270 g/mol. The first kappa shape index (κ1) is 15.0. The van der Waals surface area contributed by atoms with Gasteiger partial charge in [0.25, 0.3) is 0 Å². The van der Waals surface area contributed by atoms with Gasteiger partial charge >= 0.3 is 0 Å². The first-order valence-electron chi connectivity index (χ1n) is 7.87. The van der Waals surface area contributed by atoms with Gasteiger partial charge in [0.1, 0.15) is 0 Å². The highest BCUT2D eigenvalue weighted by Gasteiger charge is 2.03. The van der Waals surface area contributed by atoms with Gasteiger partial charge in [-0.2, -0.15) is 0 Å². The number of nitrogens with zero attached hydrogens (tertiary/aromatic N) is 1. The fraction of sp³-hybridized carbons (Fsp3) is 0.500. The molecule has 1 atom stereocenters. The third kappa shape index (κ3) is 4.31. The van der Waals surface area contributed by atoms with Crippen LogP contribution >= 0.6 is 0 Å². The van der Waals surface area contributed by atoms with Crippen molar-refractivity contribution in [1.82, 2.24) is 10.3 Å². The van der Waals surface area contributed by atoms with Crippen LogP contribution < -0.4 is 5.32 Å². The zero-order valence-corrected chi connectivity index (χ0v) is 12.7. The topological polar surface area (TPSA) is 24.9 Å². The van der Waals surface area contributed by atoms with E-state index in [4.69, 9.17) is 0 Å². The van der Waals surface area contributed by atoms with E-state index in [9.17, 15) is 0 Å². The SMILES string of the molecule is CCCCCC(C)NCCc1cccc2cccnc12. The Morgan fingerprint density at radius 2 is 2.00 bits per heavy atom. The van der Waals surface area contributed by atoms with E-state index in [-0.39, 0.29) is 0 Å². The number of hydrogen-bond donors (Lipinski definition) is 1. The third-order valence-corrected chi connectivity index (χ3v) is 3.84. The molecule has 0 saturated heterocycles. The largest absolute Gasteiger partial charge is 0.314 e. The number of rotatable bonds is 8. The molecule has 0 amide bonds. The normalized spacial score (nSPS) is 12.7. The smallest absolute Gasteiger partial charge is 0.0734 e. The summed E-state index contributed by atoms with van der Waals surface area (Å²) in [7, 11) is 0. The van der Waals surface area contributed by atoms with E-state index in [1.807, 2.05) is 12.3 Å². The second-order valence-electron chi connectivity index (χ2n) is 5.59. The summed E-state index contributed by atoms with van der Waals surface area (Å²) in [5.74, 6) is 0. The van der Waals surface area contributed by atoms with Crippen molar-refractivity contribution >= 4 is 10.9 Å². The molecule has 0 spiro atoms. The van der Waals surface area contributed by atoms with Gasteiger partial charge in [0, 0.05) is 17.6 Å². The second kappa shape index (κ2) is 8.01. The number of unbranched alkanes of at least 4 members (excludes halogenated alkanes) is 2. The van der Waals surface area contributed by atoms with Crippen molar-refractivity contribution in [1.29, 1.82) is 0 Å². The minimum atomic E-state index is 0.615. The molecule has 108 valence electrons. The highest BCUT2D eigenvalue weighted by molar-refractivity contribution is 5.81. The Labute approximate surface area is 122 Å². The quantitative estimate of drug-likeness (QED) is 0.722. The molecular weight excluding hydrogens is 244 g/mol. The fourth-order valence-electron chi connectivity index (χ4n) is 2.62. The predicted molar refractivity (Wildman–Crippen MR) is 87.1 cm³/mol. The van der Waals surface area contributed by atoms with Crippen LogP contribution in [-0.2, 0) is 6.42 Å². The number of hydrogen-bond acceptors (Lipinski definition) is 2. The highest BCUT2D eigenvalue weighted by atomic mass is 14.9. The van der Waals surface area contributed by atoms with Gasteiger partial charge in [-0.05, 0) is 37.9 Å². The van der Waals surface area contributed by atoms with Gasteiger partial charge in [0.05, 0.1) is 5.52 Å². The summed E-state index contributed by atoms with van der Waals surface area (Å²) in [6.07, 6.45) is 8.19. The summed E-state index contributed by atoms with van der Waals surface area (Å²) in [6.45, 7) is 5.57. The predicted octanol–water partition coefficient (Wildman–Crippen LogP) is 4.34. The molecule has 2 rings (SSSR count). The Morgan fingerprint density at radius 1 is 1.15 bits per heavy atom. The van der Waals surface area contributed by atoms with Crippen LogP contribution in [0, 0.1) is 0 Å². The van der Waals surface area contributed by atoms with Crippen LogP contribution in [0.5, 0.6) is 0 Å². The lowest BCUT2D eigenvalue weighted by Crippen LogP contribution is -2.28. The zero-order valence-electron chi connectivity index (χ0n) is 12.7. The molecule has 2 nitrogen and oxygen atoms in total. The molecule has 0 radical (unpaired) electrons. The summed E-state index contributed by atoms with van der Waals surface area (Å²) in [6, 6.07) is 11.2. The lowest BCUT2D eigenvalue weighted by molar-refractivity contribution is 0.491. The van der Waals surface area contributed by atoms with Gasteiger partial charge in [-0.3, -0.25) is 4.98 Å². The zero-order chi connectivity index (χ0) is 14.2. The lowest BCUT2D eigenvalue weighted by Gasteiger charge is -2.14. The maximum absolute atomic E-state index is 4.51. The van der Waals surface area contributed by atoms with E-state index in [1.165, 1.54) is 36.6 Å². The minimum Gasteiger partial charge on any atom is -0.314 e. The molecule has 20 heavy (non-hydrogen) atoms. The van der Waals surface area contributed by atoms with Crippen molar-refractivity contribution in [3.8, 4) is 0 Å². The number of aromatic nitrogens is 1. The van der Waals surface area contributed by atoms with Crippen molar-refractivity contribution in [2.75, 3.05) is 6.54 Å². The molecule has 1 unspecified atom stereocenters. The maximum Gasteiger partial charge on any atom is 0.0734 e. The average Bonchev–Trinajstić information content (AvgIpc) is 2.48. The van der Waals surface area contributed by atoms with Crippen molar-refractivity contribution in [3.63, 3.8) is 0 Å². The Kier molecular flexibility index (Phi) is 6.00. The number of benzene rings is 1. The Bertz CT molecular complexity index is 516. The molecule has 2 aromatic rings. The number of fused-ring (bicyclic) bond motifs is 1. The first-order chi connectivity index (χ1) is 9.81. The van der Waals surface area contributed by atoms with Crippen LogP contribution in [0.25, 0.3) is 10.9 Å². The van der Waals surface area contributed by atoms with Gasteiger partial charge in [-0.1, -0.05) is 50.5 Å². The van der Waals surface area contributed by atoms with Crippen molar-refractivity contribution < 1.29 is 0 Å². The van der Waals surface area contributed by atoms with Crippen LogP contribution in [0.4, 0.5) is 0 Å². The van der Waals surface area contributed by atoms with Crippen molar-refractivity contribution in [3.05, 3.63) is 42.1 Å². The van der Waals surface area contributed by atoms with Crippen LogP contribution in [0.1, 0.15) is 45.1 Å². The first-order valence-corrected chi connectivity index (χ1v) is 7.87. The number of nitrogens with one attached hydrogen (secondary N) is 1. The lowest BCUT2D eigenvalue weighted by atomic mass is 10.1.